The minimum absolute atomic E-state index is 0.363. The van der Waals surface area contributed by atoms with Crippen LogP contribution >= 0.6 is 15.9 Å². The zero-order valence-electron chi connectivity index (χ0n) is 20.3. The van der Waals surface area contributed by atoms with Crippen molar-refractivity contribution in [3.8, 4) is 5.75 Å². The summed E-state index contributed by atoms with van der Waals surface area (Å²) in [5.41, 5.74) is 3.95. The summed E-state index contributed by atoms with van der Waals surface area (Å²) in [5, 5.41) is 10.0. The van der Waals surface area contributed by atoms with E-state index < -0.39 is 11.4 Å². The molecule has 0 aliphatic carbocycles. The van der Waals surface area contributed by atoms with E-state index in [1.165, 1.54) is 0 Å². The summed E-state index contributed by atoms with van der Waals surface area (Å²) in [6.45, 7) is 6.82. The fourth-order valence-corrected chi connectivity index (χ4v) is 4.74. The predicted molar refractivity (Wildman–Crippen MR) is 141 cm³/mol. The van der Waals surface area contributed by atoms with E-state index in [2.05, 4.69) is 37.6 Å². The molecule has 0 saturated carbocycles. The molecule has 0 aliphatic heterocycles. The number of aliphatic carboxylic acids is 1. The maximum Gasteiger partial charge on any atom is 0.310 e. The largest absolute Gasteiger partial charge is 0.487 e. The Morgan fingerprint density at radius 1 is 1.11 bits per heavy atom. The number of carboxylic acids is 1. The third kappa shape index (κ3) is 5.56. The highest BCUT2D eigenvalue weighted by Gasteiger charge is 2.36. The standard InChI is InChI=1S/C28H30BrN3O3/c1-4-28(5-2,27(33)34)15-26-31-24-12-11-23(35-18-22-10-9-19(3)16-30-22)14-25(24)32(26)17-20-7-6-8-21(29)13-20/h6-14,16H,4-5,15,17-18H2,1-3H3,(H,33,34). The van der Waals surface area contributed by atoms with Crippen LogP contribution in [-0.4, -0.2) is 25.6 Å². The van der Waals surface area contributed by atoms with Gasteiger partial charge in [0.1, 0.15) is 18.2 Å². The van der Waals surface area contributed by atoms with Crippen LogP contribution in [0.15, 0.2) is 65.3 Å². The monoisotopic (exact) mass is 535 g/mol. The summed E-state index contributed by atoms with van der Waals surface area (Å²) >= 11 is 3.56. The molecule has 0 aliphatic rings. The second-order valence-electron chi connectivity index (χ2n) is 8.98. The Kier molecular flexibility index (Phi) is 7.55. The second kappa shape index (κ2) is 10.6. The number of nitrogens with zero attached hydrogens (tertiary/aromatic N) is 3. The average Bonchev–Trinajstić information content (AvgIpc) is 3.18. The number of benzene rings is 2. The SMILES string of the molecule is CCC(CC)(Cc1nc2ccc(OCc3ccc(C)cn3)cc2n1Cc1cccc(Br)c1)C(=O)O. The van der Waals surface area contributed by atoms with E-state index in [1.807, 2.05) is 69.4 Å². The Morgan fingerprint density at radius 2 is 1.91 bits per heavy atom. The van der Waals surface area contributed by atoms with Crippen molar-refractivity contribution in [3.05, 3.63) is 87.9 Å². The summed E-state index contributed by atoms with van der Waals surface area (Å²) in [4.78, 5) is 21.5. The molecule has 182 valence electrons. The zero-order valence-corrected chi connectivity index (χ0v) is 21.9. The fraction of sp³-hybridized carbons (Fsp3) is 0.321. The van der Waals surface area contributed by atoms with E-state index in [0.717, 1.165) is 43.9 Å². The first-order chi connectivity index (χ1) is 16.8. The van der Waals surface area contributed by atoms with E-state index in [9.17, 15) is 9.90 Å². The molecule has 0 amide bonds. The maximum atomic E-state index is 12.2. The molecule has 0 radical (unpaired) electrons. The Morgan fingerprint density at radius 3 is 2.57 bits per heavy atom. The molecule has 2 aromatic carbocycles. The number of aromatic nitrogens is 3. The number of aryl methyl sites for hydroxylation is 1. The molecule has 0 bridgehead atoms. The lowest BCUT2D eigenvalue weighted by molar-refractivity contribution is -0.149. The summed E-state index contributed by atoms with van der Waals surface area (Å²) in [7, 11) is 0. The van der Waals surface area contributed by atoms with Gasteiger partial charge >= 0.3 is 5.97 Å². The number of hydrogen-bond acceptors (Lipinski definition) is 4. The minimum atomic E-state index is -0.854. The van der Waals surface area contributed by atoms with Crippen LogP contribution in [-0.2, 0) is 24.4 Å². The molecule has 0 spiro atoms. The molecule has 0 unspecified atom stereocenters. The number of imidazole rings is 1. The van der Waals surface area contributed by atoms with Crippen molar-refractivity contribution in [2.24, 2.45) is 5.41 Å². The first-order valence-electron chi connectivity index (χ1n) is 11.8. The van der Waals surface area contributed by atoms with Gasteiger partial charge in [0, 0.05) is 29.7 Å². The van der Waals surface area contributed by atoms with Crippen LogP contribution in [0.25, 0.3) is 11.0 Å². The first kappa shape index (κ1) is 24.9. The van der Waals surface area contributed by atoms with Crippen LogP contribution in [0.3, 0.4) is 0 Å². The van der Waals surface area contributed by atoms with Crippen molar-refractivity contribution in [2.75, 3.05) is 0 Å². The van der Waals surface area contributed by atoms with Gasteiger partial charge in [0.2, 0.25) is 0 Å². The van der Waals surface area contributed by atoms with E-state index >= 15 is 0 Å². The number of fused-ring (bicyclic) bond motifs is 1. The van der Waals surface area contributed by atoms with Crippen molar-refractivity contribution in [1.82, 2.24) is 14.5 Å². The molecule has 1 N–H and O–H groups in total. The molecular weight excluding hydrogens is 506 g/mol. The van der Waals surface area contributed by atoms with Gasteiger partial charge in [-0.05, 0) is 61.2 Å². The second-order valence-corrected chi connectivity index (χ2v) is 9.90. The minimum Gasteiger partial charge on any atom is -0.487 e. The first-order valence-corrected chi connectivity index (χ1v) is 12.6. The Bertz CT molecular complexity index is 1330. The molecule has 0 saturated heterocycles. The number of halogens is 1. The van der Waals surface area contributed by atoms with Crippen LogP contribution in [0.1, 0.15) is 49.3 Å². The lowest BCUT2D eigenvalue weighted by Gasteiger charge is -2.26. The smallest absolute Gasteiger partial charge is 0.310 e. The van der Waals surface area contributed by atoms with Crippen LogP contribution in [0.5, 0.6) is 5.75 Å². The van der Waals surface area contributed by atoms with Gasteiger partial charge in [-0.25, -0.2) is 4.98 Å². The normalized spacial score (nSPS) is 11.7. The Labute approximate surface area is 214 Å². The number of pyridine rings is 1. The van der Waals surface area contributed by atoms with Gasteiger partial charge in [-0.15, -0.1) is 0 Å². The van der Waals surface area contributed by atoms with Gasteiger partial charge in [-0.3, -0.25) is 9.78 Å². The van der Waals surface area contributed by atoms with Crippen molar-refractivity contribution >= 4 is 32.9 Å². The molecule has 35 heavy (non-hydrogen) atoms. The van der Waals surface area contributed by atoms with E-state index in [0.29, 0.717) is 32.4 Å². The van der Waals surface area contributed by atoms with Gasteiger partial charge in [0.15, 0.2) is 0 Å². The quantitative estimate of drug-likeness (QED) is 0.248. The molecule has 2 aromatic heterocycles. The van der Waals surface area contributed by atoms with Crippen molar-refractivity contribution < 1.29 is 14.6 Å². The molecular formula is C28H30BrN3O3. The zero-order chi connectivity index (χ0) is 25.0. The highest BCUT2D eigenvalue weighted by atomic mass is 79.9. The maximum absolute atomic E-state index is 12.2. The van der Waals surface area contributed by atoms with Crippen molar-refractivity contribution in [2.45, 2.75) is 53.2 Å². The van der Waals surface area contributed by atoms with E-state index in [-0.39, 0.29) is 0 Å². The highest BCUT2D eigenvalue weighted by molar-refractivity contribution is 9.10. The van der Waals surface area contributed by atoms with Crippen LogP contribution in [0.4, 0.5) is 0 Å². The van der Waals surface area contributed by atoms with Crippen molar-refractivity contribution in [1.29, 1.82) is 0 Å². The third-order valence-corrected chi connectivity index (χ3v) is 7.18. The van der Waals surface area contributed by atoms with Crippen LogP contribution < -0.4 is 4.74 Å². The van der Waals surface area contributed by atoms with Gasteiger partial charge < -0.3 is 14.4 Å². The van der Waals surface area contributed by atoms with E-state index in [1.54, 1.807) is 0 Å². The lowest BCUT2D eigenvalue weighted by Crippen LogP contribution is -2.33. The molecule has 4 rings (SSSR count). The molecule has 4 aromatic rings. The molecule has 0 atom stereocenters. The number of carbonyl (C=O) groups is 1. The average molecular weight is 536 g/mol. The lowest BCUT2D eigenvalue weighted by atomic mass is 9.79. The summed E-state index contributed by atoms with van der Waals surface area (Å²) < 4.78 is 9.17. The van der Waals surface area contributed by atoms with Crippen LogP contribution in [0, 0.1) is 12.3 Å². The number of carboxylic acid groups (broad SMARTS) is 1. The predicted octanol–water partition coefficient (Wildman–Crippen LogP) is 6.56. The van der Waals surface area contributed by atoms with Gasteiger partial charge in [0.05, 0.1) is 22.1 Å². The number of rotatable bonds is 10. The summed E-state index contributed by atoms with van der Waals surface area (Å²) in [6.07, 6.45) is 3.27. The number of hydrogen-bond donors (Lipinski definition) is 1. The van der Waals surface area contributed by atoms with Crippen molar-refractivity contribution in [3.63, 3.8) is 0 Å². The van der Waals surface area contributed by atoms with Gasteiger partial charge in [0.25, 0.3) is 0 Å². The fourth-order valence-electron chi connectivity index (χ4n) is 4.29. The van der Waals surface area contributed by atoms with E-state index in [4.69, 9.17) is 9.72 Å². The number of ether oxygens (including phenoxy) is 1. The molecule has 7 heteroatoms. The van der Waals surface area contributed by atoms with Crippen LogP contribution in [0.2, 0.25) is 0 Å². The Hall–Kier alpha value is -3.19. The molecule has 2 heterocycles. The third-order valence-electron chi connectivity index (χ3n) is 6.69. The molecule has 0 fully saturated rings. The van der Waals surface area contributed by atoms with Gasteiger partial charge in [-0.1, -0.05) is 48.0 Å². The summed E-state index contributed by atoms with van der Waals surface area (Å²) in [6, 6.07) is 17.9. The highest BCUT2D eigenvalue weighted by Crippen LogP contribution is 2.33. The van der Waals surface area contributed by atoms with Gasteiger partial charge in [-0.2, -0.15) is 0 Å². The Balaban J connectivity index is 1.73. The topological polar surface area (TPSA) is 77.2 Å². The molecule has 6 nitrogen and oxygen atoms in total. The summed E-state index contributed by atoms with van der Waals surface area (Å²) in [5.74, 6) is 0.707.